The molecule has 2 heteroatoms. The van der Waals surface area contributed by atoms with Gasteiger partial charge in [-0.25, -0.2) is 0 Å². The highest BCUT2D eigenvalue weighted by Crippen LogP contribution is 2.05. The van der Waals surface area contributed by atoms with E-state index in [1.807, 2.05) is 11.8 Å². The molecule has 0 nitrogen and oxygen atoms in total. The van der Waals surface area contributed by atoms with Crippen molar-refractivity contribution < 1.29 is 0 Å². The highest BCUT2D eigenvalue weighted by molar-refractivity contribution is 9.09. The van der Waals surface area contributed by atoms with Crippen LogP contribution in [0.4, 0.5) is 0 Å². The van der Waals surface area contributed by atoms with Crippen molar-refractivity contribution in [3.8, 4) is 0 Å². The second-order valence-corrected chi connectivity index (χ2v) is 4.13. The van der Waals surface area contributed by atoms with Crippen LogP contribution >= 0.6 is 27.7 Å². The first kappa shape index (κ1) is 9.83. The van der Waals surface area contributed by atoms with Crippen LogP contribution in [0.1, 0.15) is 26.2 Å². The van der Waals surface area contributed by atoms with Crippen molar-refractivity contribution in [2.75, 3.05) is 16.8 Å². The summed E-state index contributed by atoms with van der Waals surface area (Å²) in [6, 6.07) is 0. The molecule has 0 aliphatic carbocycles. The predicted octanol–water partition coefficient (Wildman–Crippen LogP) is 3.30. The van der Waals surface area contributed by atoms with Crippen LogP contribution in [0.25, 0.3) is 0 Å². The lowest BCUT2D eigenvalue weighted by molar-refractivity contribution is 0.789. The summed E-state index contributed by atoms with van der Waals surface area (Å²) in [5.74, 6) is 2.62. The van der Waals surface area contributed by atoms with Crippen LogP contribution < -0.4 is 0 Å². The highest BCUT2D eigenvalue weighted by atomic mass is 79.9. The Morgan fingerprint density at radius 3 is 2.56 bits per heavy atom. The molecule has 0 unspecified atom stereocenters. The third-order valence-corrected chi connectivity index (χ3v) is 2.67. The third kappa shape index (κ3) is 8.83. The molecule has 0 fully saturated rings. The van der Waals surface area contributed by atoms with E-state index in [4.69, 9.17) is 0 Å². The van der Waals surface area contributed by atoms with Gasteiger partial charge in [-0.3, -0.25) is 0 Å². The fraction of sp³-hybridized carbons (Fsp3) is 1.00. The predicted molar refractivity (Wildman–Crippen MR) is 50.6 cm³/mol. The number of rotatable bonds is 6. The zero-order chi connectivity index (χ0) is 6.95. The molecule has 0 radical (unpaired) electrons. The van der Waals surface area contributed by atoms with Crippen molar-refractivity contribution in [2.45, 2.75) is 26.2 Å². The lowest BCUT2D eigenvalue weighted by Gasteiger charge is -1.95. The van der Waals surface area contributed by atoms with E-state index in [0.29, 0.717) is 0 Å². The average Bonchev–Trinajstić information content (AvgIpc) is 1.89. The van der Waals surface area contributed by atoms with Crippen LogP contribution in [0.5, 0.6) is 0 Å². The van der Waals surface area contributed by atoms with E-state index < -0.39 is 0 Å². The molecule has 0 saturated heterocycles. The topological polar surface area (TPSA) is 0 Å². The molecule has 0 aliphatic heterocycles. The molecule has 9 heavy (non-hydrogen) atoms. The van der Waals surface area contributed by atoms with Crippen LogP contribution in [0.2, 0.25) is 0 Å². The summed E-state index contributed by atoms with van der Waals surface area (Å²) in [6.07, 6.45) is 4.12. The third-order valence-electron chi connectivity index (χ3n) is 1.13. The van der Waals surface area contributed by atoms with Gasteiger partial charge in [0.25, 0.3) is 0 Å². The number of thioether (sulfide) groups is 1. The monoisotopic (exact) mass is 210 g/mol. The highest BCUT2D eigenvalue weighted by Gasteiger charge is 1.86. The van der Waals surface area contributed by atoms with Gasteiger partial charge in [0.15, 0.2) is 0 Å². The largest absolute Gasteiger partial charge is 0.162 e. The van der Waals surface area contributed by atoms with Gasteiger partial charge in [-0.1, -0.05) is 29.3 Å². The van der Waals surface area contributed by atoms with Gasteiger partial charge >= 0.3 is 0 Å². The van der Waals surface area contributed by atoms with Crippen LogP contribution in [0, 0.1) is 0 Å². The molecule has 0 amide bonds. The van der Waals surface area contributed by atoms with Gasteiger partial charge < -0.3 is 0 Å². The van der Waals surface area contributed by atoms with Gasteiger partial charge in [-0.05, 0) is 24.3 Å². The quantitative estimate of drug-likeness (QED) is 0.479. The van der Waals surface area contributed by atoms with Gasteiger partial charge in [-0.2, -0.15) is 11.8 Å². The van der Waals surface area contributed by atoms with Crippen molar-refractivity contribution >= 4 is 27.7 Å². The van der Waals surface area contributed by atoms with Gasteiger partial charge in [0, 0.05) is 5.33 Å². The SMILES string of the molecule is CCSCCCCCBr. The molecule has 56 valence electrons. The summed E-state index contributed by atoms with van der Waals surface area (Å²) in [4.78, 5) is 0. The summed E-state index contributed by atoms with van der Waals surface area (Å²) in [5.41, 5.74) is 0. The second kappa shape index (κ2) is 8.83. The van der Waals surface area contributed by atoms with Crippen LogP contribution in [0.3, 0.4) is 0 Å². The number of alkyl halides is 1. The fourth-order valence-electron chi connectivity index (χ4n) is 0.620. The summed E-state index contributed by atoms with van der Waals surface area (Å²) in [5, 5.41) is 1.17. The first-order valence-electron chi connectivity index (χ1n) is 3.55. The molecule has 0 heterocycles. The molecule has 0 N–H and O–H groups in total. The van der Waals surface area contributed by atoms with E-state index in [1.54, 1.807) is 0 Å². The molecular formula is C7H15BrS. The van der Waals surface area contributed by atoms with Crippen LogP contribution in [-0.4, -0.2) is 16.8 Å². The van der Waals surface area contributed by atoms with E-state index in [1.165, 1.54) is 36.1 Å². The maximum absolute atomic E-state index is 3.41. The van der Waals surface area contributed by atoms with Crippen molar-refractivity contribution in [3.05, 3.63) is 0 Å². The Morgan fingerprint density at radius 2 is 2.00 bits per heavy atom. The molecule has 0 atom stereocenters. The molecule has 0 aromatic carbocycles. The van der Waals surface area contributed by atoms with E-state index in [2.05, 4.69) is 22.9 Å². The van der Waals surface area contributed by atoms with Crippen molar-refractivity contribution in [2.24, 2.45) is 0 Å². The minimum Gasteiger partial charge on any atom is -0.162 e. The molecule has 0 aromatic rings. The Labute approximate surface area is 70.9 Å². The summed E-state index contributed by atoms with van der Waals surface area (Å²) in [7, 11) is 0. The molecule has 0 bridgehead atoms. The maximum atomic E-state index is 3.41. The Bertz CT molecular complexity index is 42.2. The lowest BCUT2D eigenvalue weighted by atomic mass is 10.3. The minimum absolute atomic E-state index is 1.17. The molecule has 0 saturated carbocycles. The summed E-state index contributed by atoms with van der Waals surface area (Å²) >= 11 is 5.45. The van der Waals surface area contributed by atoms with E-state index in [-0.39, 0.29) is 0 Å². The number of unbranched alkanes of at least 4 members (excludes halogenated alkanes) is 2. The molecule has 0 aliphatic rings. The van der Waals surface area contributed by atoms with E-state index in [9.17, 15) is 0 Å². The Kier molecular flexibility index (Phi) is 9.64. The van der Waals surface area contributed by atoms with Gasteiger partial charge in [0.2, 0.25) is 0 Å². The zero-order valence-electron chi connectivity index (χ0n) is 6.03. The Balaban J connectivity index is 2.60. The Morgan fingerprint density at radius 1 is 1.22 bits per heavy atom. The van der Waals surface area contributed by atoms with Crippen LogP contribution in [0.15, 0.2) is 0 Å². The normalized spacial score (nSPS) is 10.0. The van der Waals surface area contributed by atoms with Crippen molar-refractivity contribution in [1.29, 1.82) is 0 Å². The van der Waals surface area contributed by atoms with Crippen LogP contribution in [-0.2, 0) is 0 Å². The molecular weight excluding hydrogens is 196 g/mol. The van der Waals surface area contributed by atoms with E-state index in [0.717, 1.165) is 0 Å². The van der Waals surface area contributed by atoms with Gasteiger partial charge in [-0.15, -0.1) is 0 Å². The summed E-state index contributed by atoms with van der Waals surface area (Å²) in [6.45, 7) is 2.22. The number of hydrogen-bond acceptors (Lipinski definition) is 1. The first-order chi connectivity index (χ1) is 4.41. The maximum Gasteiger partial charge on any atom is 0.00313 e. The standard InChI is InChI=1S/C7H15BrS/c1-2-9-7-5-3-4-6-8/h2-7H2,1H3. The lowest BCUT2D eigenvalue weighted by Crippen LogP contribution is -1.81. The molecule has 0 aromatic heterocycles. The second-order valence-electron chi connectivity index (χ2n) is 1.95. The molecule has 0 spiro atoms. The first-order valence-corrected chi connectivity index (χ1v) is 5.83. The van der Waals surface area contributed by atoms with E-state index >= 15 is 0 Å². The Hall–Kier alpha value is 0.830. The average molecular weight is 211 g/mol. The smallest absolute Gasteiger partial charge is 0.00313 e. The van der Waals surface area contributed by atoms with Crippen molar-refractivity contribution in [1.82, 2.24) is 0 Å². The fourth-order valence-corrected chi connectivity index (χ4v) is 1.71. The summed E-state index contributed by atoms with van der Waals surface area (Å²) < 4.78 is 0. The van der Waals surface area contributed by atoms with Gasteiger partial charge in [0.05, 0.1) is 0 Å². The number of hydrogen-bond donors (Lipinski definition) is 0. The van der Waals surface area contributed by atoms with Gasteiger partial charge in [0.1, 0.15) is 0 Å². The minimum atomic E-state index is 1.17. The molecule has 0 rings (SSSR count). The number of halogens is 1. The van der Waals surface area contributed by atoms with Crippen molar-refractivity contribution in [3.63, 3.8) is 0 Å². The zero-order valence-corrected chi connectivity index (χ0v) is 8.43.